The number of rotatable bonds is 4. The molecular weight excluding hydrogens is 333 g/mol. The number of carbonyl (C=O) groups excluding carboxylic acids is 1. The second-order valence-electron chi connectivity index (χ2n) is 4.94. The maximum Gasteiger partial charge on any atom is 0.251 e. The summed E-state index contributed by atoms with van der Waals surface area (Å²) in [4.78, 5) is 11.9. The van der Waals surface area contributed by atoms with Crippen LogP contribution < -0.4 is 5.32 Å². The van der Waals surface area contributed by atoms with Crippen LogP contribution in [0.1, 0.15) is 29.6 Å². The molecule has 1 N–H and O–H groups in total. The van der Waals surface area contributed by atoms with Gasteiger partial charge < -0.3 is 5.32 Å². The minimum atomic E-state index is -0.562. The molecule has 1 aliphatic rings. The fourth-order valence-corrected chi connectivity index (χ4v) is 3.52. The SMILES string of the molecule is O=C(NCC1CCCC1CBr)c1ccc(Cl)c(F)c1. The van der Waals surface area contributed by atoms with Crippen molar-refractivity contribution in [3.63, 3.8) is 0 Å². The van der Waals surface area contributed by atoms with E-state index < -0.39 is 5.82 Å². The first-order valence-corrected chi connectivity index (χ1v) is 7.91. The van der Waals surface area contributed by atoms with Gasteiger partial charge in [0, 0.05) is 17.4 Å². The summed E-state index contributed by atoms with van der Waals surface area (Å²) in [6, 6.07) is 4.12. The lowest BCUT2D eigenvalue weighted by Crippen LogP contribution is -2.31. The molecule has 0 saturated heterocycles. The minimum absolute atomic E-state index is 0.0340. The summed E-state index contributed by atoms with van der Waals surface area (Å²) in [5.74, 6) is 0.340. The van der Waals surface area contributed by atoms with Crippen LogP contribution in [0, 0.1) is 17.7 Å². The fourth-order valence-electron chi connectivity index (χ4n) is 2.55. The lowest BCUT2D eigenvalue weighted by molar-refractivity contribution is 0.0944. The Balaban J connectivity index is 1.92. The van der Waals surface area contributed by atoms with Gasteiger partial charge in [-0.3, -0.25) is 4.79 Å². The van der Waals surface area contributed by atoms with E-state index in [1.165, 1.54) is 31.0 Å². The third-order valence-corrected chi connectivity index (χ3v) is 4.86. The molecule has 2 nitrogen and oxygen atoms in total. The molecule has 1 aromatic carbocycles. The van der Waals surface area contributed by atoms with E-state index in [0.717, 1.165) is 11.8 Å². The van der Waals surface area contributed by atoms with Crippen LogP contribution in [0.5, 0.6) is 0 Å². The first-order chi connectivity index (χ1) is 9.11. The molecule has 0 aliphatic heterocycles. The number of alkyl halides is 1. The maximum atomic E-state index is 13.3. The summed E-state index contributed by atoms with van der Waals surface area (Å²) < 4.78 is 13.3. The first kappa shape index (κ1) is 14.8. The van der Waals surface area contributed by atoms with Crippen molar-refractivity contribution in [2.45, 2.75) is 19.3 Å². The van der Waals surface area contributed by atoms with Crippen molar-refractivity contribution in [3.8, 4) is 0 Å². The van der Waals surface area contributed by atoms with Gasteiger partial charge in [0.15, 0.2) is 0 Å². The Labute approximate surface area is 125 Å². The quantitative estimate of drug-likeness (QED) is 0.818. The number of nitrogens with one attached hydrogen (secondary N) is 1. The molecule has 0 spiro atoms. The van der Waals surface area contributed by atoms with Crippen molar-refractivity contribution < 1.29 is 9.18 Å². The molecule has 1 saturated carbocycles. The molecule has 0 aromatic heterocycles. The fraction of sp³-hybridized carbons (Fsp3) is 0.500. The van der Waals surface area contributed by atoms with Gasteiger partial charge in [-0.25, -0.2) is 4.39 Å². The highest BCUT2D eigenvalue weighted by atomic mass is 79.9. The van der Waals surface area contributed by atoms with E-state index in [-0.39, 0.29) is 10.9 Å². The van der Waals surface area contributed by atoms with Crippen LogP contribution in [0.3, 0.4) is 0 Å². The molecule has 1 fully saturated rings. The minimum Gasteiger partial charge on any atom is -0.352 e. The molecule has 1 amide bonds. The smallest absolute Gasteiger partial charge is 0.251 e. The Bertz CT molecular complexity index is 469. The Morgan fingerprint density at radius 2 is 2.16 bits per heavy atom. The van der Waals surface area contributed by atoms with E-state index >= 15 is 0 Å². The zero-order valence-corrected chi connectivity index (χ0v) is 12.8. The predicted molar refractivity (Wildman–Crippen MR) is 78.4 cm³/mol. The van der Waals surface area contributed by atoms with Crippen LogP contribution in [0.4, 0.5) is 4.39 Å². The van der Waals surface area contributed by atoms with E-state index in [9.17, 15) is 9.18 Å². The van der Waals surface area contributed by atoms with Gasteiger partial charge in [0.1, 0.15) is 5.82 Å². The second kappa shape index (κ2) is 6.71. The number of hydrogen-bond acceptors (Lipinski definition) is 1. The highest BCUT2D eigenvalue weighted by Gasteiger charge is 2.26. The zero-order chi connectivity index (χ0) is 13.8. The van der Waals surface area contributed by atoms with Gasteiger partial charge in [-0.15, -0.1) is 0 Å². The van der Waals surface area contributed by atoms with Crippen molar-refractivity contribution in [1.29, 1.82) is 0 Å². The predicted octanol–water partition coefficient (Wildman–Crippen LogP) is 4.02. The van der Waals surface area contributed by atoms with Gasteiger partial charge in [0.05, 0.1) is 5.02 Å². The van der Waals surface area contributed by atoms with E-state index in [4.69, 9.17) is 11.6 Å². The molecule has 5 heteroatoms. The average Bonchev–Trinajstić information content (AvgIpc) is 2.86. The Kier molecular flexibility index (Phi) is 5.22. The monoisotopic (exact) mass is 347 g/mol. The zero-order valence-electron chi connectivity index (χ0n) is 10.5. The standard InChI is InChI=1S/C14H16BrClFNO/c15-7-10-2-1-3-11(10)8-18-14(19)9-4-5-12(16)13(17)6-9/h4-6,10-11H,1-3,7-8H2,(H,18,19). The van der Waals surface area contributed by atoms with Crippen molar-refractivity contribution in [1.82, 2.24) is 5.32 Å². The molecule has 19 heavy (non-hydrogen) atoms. The Hall–Kier alpha value is -0.610. The topological polar surface area (TPSA) is 29.1 Å². The maximum absolute atomic E-state index is 13.3. The first-order valence-electron chi connectivity index (χ1n) is 6.41. The largest absolute Gasteiger partial charge is 0.352 e. The number of amides is 1. The van der Waals surface area contributed by atoms with E-state index in [1.807, 2.05) is 0 Å². The summed E-state index contributed by atoms with van der Waals surface area (Å²) in [6.07, 6.45) is 3.57. The average molecular weight is 349 g/mol. The molecule has 104 valence electrons. The van der Waals surface area contributed by atoms with Gasteiger partial charge in [0.25, 0.3) is 5.91 Å². The van der Waals surface area contributed by atoms with Crippen LogP contribution in [-0.4, -0.2) is 17.8 Å². The molecule has 2 rings (SSSR count). The molecule has 2 unspecified atom stereocenters. The van der Waals surface area contributed by atoms with Gasteiger partial charge in [0.2, 0.25) is 0 Å². The summed E-state index contributed by atoms with van der Waals surface area (Å²) in [7, 11) is 0. The van der Waals surface area contributed by atoms with E-state index in [0.29, 0.717) is 23.9 Å². The van der Waals surface area contributed by atoms with Gasteiger partial charge in [-0.1, -0.05) is 34.0 Å². The number of halogens is 3. The third kappa shape index (κ3) is 3.69. The molecule has 2 atom stereocenters. The van der Waals surface area contributed by atoms with Crippen molar-refractivity contribution in [3.05, 3.63) is 34.6 Å². The van der Waals surface area contributed by atoms with Crippen LogP contribution in [-0.2, 0) is 0 Å². The van der Waals surface area contributed by atoms with Crippen molar-refractivity contribution >= 4 is 33.4 Å². The van der Waals surface area contributed by atoms with Crippen LogP contribution >= 0.6 is 27.5 Å². The third-order valence-electron chi connectivity index (χ3n) is 3.72. The lowest BCUT2D eigenvalue weighted by Gasteiger charge is -2.17. The Morgan fingerprint density at radius 3 is 2.84 bits per heavy atom. The van der Waals surface area contributed by atoms with Gasteiger partial charge in [-0.2, -0.15) is 0 Å². The number of hydrogen-bond donors (Lipinski definition) is 1. The highest BCUT2D eigenvalue weighted by Crippen LogP contribution is 2.32. The highest BCUT2D eigenvalue weighted by molar-refractivity contribution is 9.09. The van der Waals surface area contributed by atoms with Crippen LogP contribution in [0.25, 0.3) is 0 Å². The number of benzene rings is 1. The summed E-state index contributed by atoms with van der Waals surface area (Å²) in [5.41, 5.74) is 0.315. The van der Waals surface area contributed by atoms with Crippen molar-refractivity contribution in [2.75, 3.05) is 11.9 Å². The molecule has 1 aliphatic carbocycles. The van der Waals surface area contributed by atoms with E-state index in [1.54, 1.807) is 0 Å². The Morgan fingerprint density at radius 1 is 1.42 bits per heavy atom. The molecule has 1 aromatic rings. The summed E-state index contributed by atoms with van der Waals surface area (Å²) in [6.45, 7) is 0.652. The lowest BCUT2D eigenvalue weighted by atomic mass is 9.98. The number of carbonyl (C=O) groups is 1. The van der Waals surface area contributed by atoms with E-state index in [2.05, 4.69) is 21.2 Å². The van der Waals surface area contributed by atoms with Gasteiger partial charge >= 0.3 is 0 Å². The summed E-state index contributed by atoms with van der Waals surface area (Å²) in [5, 5.41) is 3.89. The van der Waals surface area contributed by atoms with Crippen LogP contribution in [0.15, 0.2) is 18.2 Å². The van der Waals surface area contributed by atoms with Crippen LogP contribution in [0.2, 0.25) is 5.02 Å². The normalized spacial score (nSPS) is 22.5. The molecule has 0 heterocycles. The summed E-state index contributed by atoms with van der Waals surface area (Å²) >= 11 is 9.10. The molecular formula is C14H16BrClFNO. The van der Waals surface area contributed by atoms with Crippen molar-refractivity contribution in [2.24, 2.45) is 11.8 Å². The molecule has 0 bridgehead atoms. The van der Waals surface area contributed by atoms with Gasteiger partial charge in [-0.05, 0) is 42.9 Å². The molecule has 0 radical (unpaired) electrons. The second-order valence-corrected chi connectivity index (χ2v) is 6.00.